The average molecular weight is 291 g/mol. The molecule has 3 N–H and O–H groups in total. The van der Waals surface area contributed by atoms with Crippen molar-refractivity contribution in [3.63, 3.8) is 0 Å². The second-order valence-electron chi connectivity index (χ2n) is 5.00. The molecule has 3 amide bonds. The standard InChI is InChI=1S/C14H17N3O4/c18-12-8-21-13-10(16-12)2-1-3-11(13)17-14(19)15-9-4-6-20-7-5-9/h1-3,9H,4-8H2,(H,16,18)(H2,15,17,19). The monoisotopic (exact) mass is 291 g/mol. The lowest BCUT2D eigenvalue weighted by Gasteiger charge is -2.24. The number of fused-ring (bicyclic) bond motifs is 1. The highest BCUT2D eigenvalue weighted by Gasteiger charge is 2.21. The number of carbonyl (C=O) groups is 2. The van der Waals surface area contributed by atoms with Crippen LogP contribution in [0.5, 0.6) is 5.75 Å². The Morgan fingerprint density at radius 2 is 2.10 bits per heavy atom. The molecule has 0 saturated carbocycles. The zero-order valence-corrected chi connectivity index (χ0v) is 11.5. The van der Waals surface area contributed by atoms with Gasteiger partial charge in [-0.05, 0) is 25.0 Å². The van der Waals surface area contributed by atoms with Crippen molar-refractivity contribution in [3.05, 3.63) is 18.2 Å². The van der Waals surface area contributed by atoms with Crippen LogP contribution >= 0.6 is 0 Å². The van der Waals surface area contributed by atoms with Crippen LogP contribution in [0.3, 0.4) is 0 Å². The molecule has 0 aliphatic carbocycles. The Kier molecular flexibility index (Phi) is 3.92. The van der Waals surface area contributed by atoms with Gasteiger partial charge in [-0.2, -0.15) is 0 Å². The Bertz CT molecular complexity index is 555. The third-order valence-electron chi connectivity index (χ3n) is 3.44. The van der Waals surface area contributed by atoms with Crippen LogP contribution in [0, 0.1) is 0 Å². The first-order chi connectivity index (χ1) is 10.2. The van der Waals surface area contributed by atoms with Crippen molar-refractivity contribution in [2.75, 3.05) is 30.5 Å². The van der Waals surface area contributed by atoms with Gasteiger partial charge in [-0.3, -0.25) is 4.79 Å². The van der Waals surface area contributed by atoms with Gasteiger partial charge in [-0.15, -0.1) is 0 Å². The third kappa shape index (κ3) is 3.25. The van der Waals surface area contributed by atoms with E-state index in [9.17, 15) is 9.59 Å². The largest absolute Gasteiger partial charge is 0.479 e. The highest BCUT2D eigenvalue weighted by Crippen LogP contribution is 2.35. The van der Waals surface area contributed by atoms with Gasteiger partial charge in [0.25, 0.3) is 5.91 Å². The van der Waals surface area contributed by atoms with E-state index in [0.29, 0.717) is 30.3 Å². The van der Waals surface area contributed by atoms with Crippen molar-refractivity contribution in [3.8, 4) is 5.75 Å². The molecule has 0 unspecified atom stereocenters. The lowest BCUT2D eigenvalue weighted by Crippen LogP contribution is -2.41. The number of anilines is 2. The Labute approximate surface area is 122 Å². The summed E-state index contributed by atoms with van der Waals surface area (Å²) >= 11 is 0. The number of ether oxygens (including phenoxy) is 2. The summed E-state index contributed by atoms with van der Waals surface area (Å²) in [6.45, 7) is 1.29. The third-order valence-corrected chi connectivity index (χ3v) is 3.44. The van der Waals surface area contributed by atoms with Crippen LogP contribution in [0.15, 0.2) is 18.2 Å². The molecule has 1 aromatic carbocycles. The number of nitrogens with one attached hydrogen (secondary N) is 3. The Hall–Kier alpha value is -2.28. The van der Waals surface area contributed by atoms with Crippen molar-refractivity contribution >= 4 is 23.3 Å². The van der Waals surface area contributed by atoms with Gasteiger partial charge in [-0.1, -0.05) is 6.07 Å². The topological polar surface area (TPSA) is 88.7 Å². The molecule has 7 heteroatoms. The summed E-state index contributed by atoms with van der Waals surface area (Å²) in [5.74, 6) is 0.283. The quantitative estimate of drug-likeness (QED) is 0.766. The molecular formula is C14H17N3O4. The van der Waals surface area contributed by atoms with E-state index in [4.69, 9.17) is 9.47 Å². The van der Waals surface area contributed by atoms with E-state index in [0.717, 1.165) is 12.8 Å². The molecule has 2 aliphatic heterocycles. The second-order valence-corrected chi connectivity index (χ2v) is 5.00. The van der Waals surface area contributed by atoms with Gasteiger partial charge in [0, 0.05) is 19.3 Å². The zero-order valence-electron chi connectivity index (χ0n) is 11.5. The lowest BCUT2D eigenvalue weighted by atomic mass is 10.1. The van der Waals surface area contributed by atoms with Crippen LogP contribution < -0.4 is 20.7 Å². The van der Waals surface area contributed by atoms with Crippen molar-refractivity contribution in [1.29, 1.82) is 0 Å². The minimum absolute atomic E-state index is 0.0483. The summed E-state index contributed by atoms with van der Waals surface area (Å²) in [5, 5.41) is 8.38. The summed E-state index contributed by atoms with van der Waals surface area (Å²) in [5.41, 5.74) is 1.10. The van der Waals surface area contributed by atoms with E-state index in [1.165, 1.54) is 0 Å². The maximum absolute atomic E-state index is 12.0. The number of hydrogen-bond acceptors (Lipinski definition) is 4. The van der Waals surface area contributed by atoms with Crippen LogP contribution in [0.25, 0.3) is 0 Å². The Morgan fingerprint density at radius 3 is 2.90 bits per heavy atom. The van der Waals surface area contributed by atoms with Gasteiger partial charge < -0.3 is 25.4 Å². The van der Waals surface area contributed by atoms with Gasteiger partial charge in [0.05, 0.1) is 11.4 Å². The fourth-order valence-corrected chi connectivity index (χ4v) is 2.40. The van der Waals surface area contributed by atoms with Crippen molar-refractivity contribution < 1.29 is 19.1 Å². The molecule has 2 aliphatic rings. The van der Waals surface area contributed by atoms with Crippen molar-refractivity contribution in [2.45, 2.75) is 18.9 Å². The molecule has 0 spiro atoms. The van der Waals surface area contributed by atoms with Crippen molar-refractivity contribution in [2.24, 2.45) is 0 Å². The van der Waals surface area contributed by atoms with Gasteiger partial charge >= 0.3 is 6.03 Å². The Balaban J connectivity index is 1.66. The first-order valence-corrected chi connectivity index (χ1v) is 6.93. The minimum Gasteiger partial charge on any atom is -0.479 e. The fourth-order valence-electron chi connectivity index (χ4n) is 2.40. The Morgan fingerprint density at radius 1 is 1.29 bits per heavy atom. The minimum atomic E-state index is -0.282. The summed E-state index contributed by atoms with van der Waals surface area (Å²) < 4.78 is 10.6. The molecule has 7 nitrogen and oxygen atoms in total. The van der Waals surface area contributed by atoms with Crippen LogP contribution in [-0.4, -0.2) is 37.8 Å². The van der Waals surface area contributed by atoms with Gasteiger partial charge in [0.15, 0.2) is 12.4 Å². The highest BCUT2D eigenvalue weighted by molar-refractivity contribution is 5.99. The second kappa shape index (κ2) is 6.01. The maximum Gasteiger partial charge on any atom is 0.319 e. The van der Waals surface area contributed by atoms with Crippen LogP contribution in [0.4, 0.5) is 16.2 Å². The van der Waals surface area contributed by atoms with Crippen LogP contribution in [0.1, 0.15) is 12.8 Å². The number of urea groups is 1. The van der Waals surface area contributed by atoms with Gasteiger partial charge in [-0.25, -0.2) is 4.79 Å². The summed E-state index contributed by atoms with van der Waals surface area (Å²) in [6.07, 6.45) is 1.62. The number of para-hydroxylation sites is 1. The van der Waals surface area contributed by atoms with E-state index >= 15 is 0 Å². The smallest absolute Gasteiger partial charge is 0.319 e. The number of hydrogen-bond donors (Lipinski definition) is 3. The van der Waals surface area contributed by atoms with Gasteiger partial charge in [0.1, 0.15) is 0 Å². The van der Waals surface area contributed by atoms with E-state index < -0.39 is 0 Å². The lowest BCUT2D eigenvalue weighted by molar-refractivity contribution is -0.118. The number of benzene rings is 1. The predicted octanol–water partition coefficient (Wildman–Crippen LogP) is 1.32. The summed E-state index contributed by atoms with van der Waals surface area (Å²) in [7, 11) is 0. The molecular weight excluding hydrogens is 274 g/mol. The van der Waals surface area contributed by atoms with Gasteiger partial charge in [0.2, 0.25) is 0 Å². The molecule has 1 saturated heterocycles. The number of amides is 3. The molecule has 0 radical (unpaired) electrons. The molecule has 1 aromatic rings. The molecule has 2 heterocycles. The SMILES string of the molecule is O=C1COc2c(cccc2NC(=O)NC2CCOCC2)N1. The molecule has 3 rings (SSSR count). The average Bonchev–Trinajstić information content (AvgIpc) is 2.48. The first kappa shape index (κ1) is 13.7. The van der Waals surface area contributed by atoms with E-state index in [2.05, 4.69) is 16.0 Å². The molecule has 21 heavy (non-hydrogen) atoms. The molecule has 1 fully saturated rings. The van der Waals surface area contributed by atoms with E-state index in [1.54, 1.807) is 18.2 Å². The first-order valence-electron chi connectivity index (χ1n) is 6.93. The molecule has 0 bridgehead atoms. The number of rotatable bonds is 2. The number of carbonyl (C=O) groups excluding carboxylic acids is 2. The van der Waals surface area contributed by atoms with Crippen molar-refractivity contribution in [1.82, 2.24) is 5.32 Å². The molecule has 0 atom stereocenters. The van der Waals surface area contributed by atoms with E-state index in [1.807, 2.05) is 0 Å². The highest BCUT2D eigenvalue weighted by atomic mass is 16.5. The molecule has 0 aromatic heterocycles. The van der Waals surface area contributed by atoms with E-state index in [-0.39, 0.29) is 24.6 Å². The molecule has 112 valence electrons. The zero-order chi connectivity index (χ0) is 14.7. The fraction of sp³-hybridized carbons (Fsp3) is 0.429. The normalized spacial score (nSPS) is 18.2. The van der Waals surface area contributed by atoms with Crippen LogP contribution in [-0.2, 0) is 9.53 Å². The maximum atomic E-state index is 12.0. The summed E-state index contributed by atoms with van der Waals surface area (Å²) in [4.78, 5) is 23.3. The summed E-state index contributed by atoms with van der Waals surface area (Å²) in [6, 6.07) is 5.06. The van der Waals surface area contributed by atoms with Crippen LogP contribution in [0.2, 0.25) is 0 Å². The predicted molar refractivity (Wildman–Crippen MR) is 76.6 cm³/mol.